The van der Waals surface area contributed by atoms with Crippen LogP contribution in [-0.2, 0) is 51.2 Å². The molecule has 7 amide bonds. The van der Waals surface area contributed by atoms with Gasteiger partial charge in [0.1, 0.15) is 36.0 Å². The topological polar surface area (TPSA) is 301 Å². The van der Waals surface area contributed by atoms with Crippen LogP contribution in [0.1, 0.15) is 80.0 Å². The molecule has 2 aromatic rings. The Balaban J connectivity index is 2.42. The summed E-state index contributed by atoms with van der Waals surface area (Å²) in [6.45, 7) is 17.0. The highest BCUT2D eigenvalue weighted by molar-refractivity contribution is 5.98. The number of hydrogen-bond donors (Lipinski definition) is 10. The predicted octanol–water partition coefficient (Wildman–Crippen LogP) is -0.121. The standard InChI is InChI=1S/C42H62N8O10/c1-19(2)35(41(59)45-18-33(44)52)50-42(60)36(20(3)4)49-40(58)32(17-34(53)54)48-39(57)31(16-29-24(8)22(6)21(5)23(7)25(29)9)47-37(55)26(10)46-38(56)30(43)15-27-11-13-28(51)14-12-27/h11-14,19-20,26,30-32,35-36,51H,15-18,43H2,1-10H3,(H2,44,52)(H,45,59)(H,46,56)(H,47,55)(H,48,57)(H,49,58)(H,50,60)(H,53,54)/t26-,30+,31+,32+,35+,36+/m1/s1. The number of primary amides is 1. The maximum atomic E-state index is 14.2. The minimum atomic E-state index is -1.73. The van der Waals surface area contributed by atoms with Gasteiger partial charge in [0.25, 0.3) is 0 Å². The molecule has 0 saturated carbocycles. The fraction of sp³-hybridized carbons (Fsp3) is 0.524. The van der Waals surface area contributed by atoms with Crippen molar-refractivity contribution in [3.05, 3.63) is 63.2 Å². The molecular formula is C42H62N8O10. The molecule has 2 rings (SSSR count). The normalized spacial score (nSPS) is 14.2. The Bertz CT molecular complexity index is 1900. The molecule has 0 heterocycles. The lowest BCUT2D eigenvalue weighted by atomic mass is 9.86. The average molecular weight is 839 g/mol. The Labute approximate surface area is 350 Å². The van der Waals surface area contributed by atoms with Gasteiger partial charge in [-0.2, -0.15) is 0 Å². The van der Waals surface area contributed by atoms with Gasteiger partial charge < -0.3 is 53.6 Å². The number of amides is 7. The van der Waals surface area contributed by atoms with Crippen molar-refractivity contribution in [2.45, 2.75) is 125 Å². The summed E-state index contributed by atoms with van der Waals surface area (Å²) < 4.78 is 0. The molecule has 0 unspecified atom stereocenters. The van der Waals surface area contributed by atoms with Crippen LogP contribution >= 0.6 is 0 Å². The Kier molecular flexibility index (Phi) is 18.7. The molecule has 0 aliphatic rings. The molecule has 6 atom stereocenters. The summed E-state index contributed by atoms with van der Waals surface area (Å²) in [7, 11) is 0. The summed E-state index contributed by atoms with van der Waals surface area (Å²) in [5.74, 6) is -8.10. The van der Waals surface area contributed by atoms with Crippen molar-refractivity contribution in [2.75, 3.05) is 6.54 Å². The highest BCUT2D eigenvalue weighted by Gasteiger charge is 2.35. The van der Waals surface area contributed by atoms with Crippen molar-refractivity contribution in [3.63, 3.8) is 0 Å². The Morgan fingerprint density at radius 1 is 0.583 bits per heavy atom. The van der Waals surface area contributed by atoms with E-state index in [-0.39, 0.29) is 18.6 Å². The highest BCUT2D eigenvalue weighted by atomic mass is 16.4. The maximum absolute atomic E-state index is 14.2. The number of benzene rings is 2. The van der Waals surface area contributed by atoms with E-state index in [0.717, 1.165) is 33.4 Å². The predicted molar refractivity (Wildman–Crippen MR) is 223 cm³/mol. The quantitative estimate of drug-likeness (QED) is 0.0791. The molecule has 0 bridgehead atoms. The number of carboxylic acids is 1. The second kappa shape index (κ2) is 22.4. The van der Waals surface area contributed by atoms with E-state index in [1.165, 1.54) is 19.1 Å². The van der Waals surface area contributed by atoms with E-state index >= 15 is 0 Å². The lowest BCUT2D eigenvalue weighted by molar-refractivity contribution is -0.141. The van der Waals surface area contributed by atoms with E-state index in [1.807, 2.05) is 34.6 Å². The zero-order valence-corrected chi connectivity index (χ0v) is 36.1. The molecule has 60 heavy (non-hydrogen) atoms. The van der Waals surface area contributed by atoms with Crippen LogP contribution in [0.2, 0.25) is 0 Å². The number of carbonyl (C=O) groups excluding carboxylic acids is 7. The van der Waals surface area contributed by atoms with Crippen molar-refractivity contribution in [1.29, 1.82) is 0 Å². The summed E-state index contributed by atoms with van der Waals surface area (Å²) in [6, 6.07) is -1.70. The molecular weight excluding hydrogens is 777 g/mol. The summed E-state index contributed by atoms with van der Waals surface area (Å²) in [5, 5.41) is 34.4. The first-order chi connectivity index (χ1) is 27.8. The van der Waals surface area contributed by atoms with Crippen LogP contribution in [-0.4, -0.2) is 100 Å². The van der Waals surface area contributed by atoms with Gasteiger partial charge in [-0.15, -0.1) is 0 Å². The molecule has 0 aliphatic heterocycles. The van der Waals surface area contributed by atoms with Gasteiger partial charge in [0.15, 0.2) is 0 Å². The molecule has 0 radical (unpaired) electrons. The van der Waals surface area contributed by atoms with Crippen LogP contribution in [0.3, 0.4) is 0 Å². The van der Waals surface area contributed by atoms with Crippen LogP contribution in [0.15, 0.2) is 24.3 Å². The van der Waals surface area contributed by atoms with E-state index in [9.17, 15) is 48.6 Å². The zero-order chi connectivity index (χ0) is 45.8. The minimum Gasteiger partial charge on any atom is -0.508 e. The molecule has 12 N–H and O–H groups in total. The SMILES string of the molecule is Cc1c(C)c(C)c(C[C@H](NC(=O)[C@@H](C)NC(=O)[C@@H](N)Cc2ccc(O)cc2)C(=O)N[C@@H](CC(=O)O)C(=O)N[C@H](C(=O)N[C@H](C(=O)NCC(N)=O)C(C)C)C(C)C)c(C)c1C. The van der Waals surface area contributed by atoms with Crippen LogP contribution in [0.5, 0.6) is 5.75 Å². The number of carboxylic acid groups (broad SMARTS) is 1. The third kappa shape index (κ3) is 14.4. The van der Waals surface area contributed by atoms with Crippen molar-refractivity contribution >= 4 is 47.3 Å². The number of aromatic hydroxyl groups is 1. The van der Waals surface area contributed by atoms with Crippen molar-refractivity contribution in [1.82, 2.24) is 31.9 Å². The third-order valence-electron chi connectivity index (χ3n) is 10.6. The van der Waals surface area contributed by atoms with E-state index in [2.05, 4.69) is 31.9 Å². The minimum absolute atomic E-state index is 0.0436. The number of nitrogens with one attached hydrogen (secondary N) is 6. The van der Waals surface area contributed by atoms with E-state index < -0.39 is 108 Å². The number of hydrogen-bond acceptors (Lipinski definition) is 10. The second-order valence-electron chi connectivity index (χ2n) is 15.9. The van der Waals surface area contributed by atoms with Crippen molar-refractivity contribution in [2.24, 2.45) is 23.3 Å². The summed E-state index contributed by atoms with van der Waals surface area (Å²) in [5.41, 5.74) is 17.3. The number of rotatable bonds is 21. The first-order valence-corrected chi connectivity index (χ1v) is 19.7. The zero-order valence-electron chi connectivity index (χ0n) is 36.1. The lowest BCUT2D eigenvalue weighted by Crippen LogP contribution is -2.61. The van der Waals surface area contributed by atoms with E-state index in [0.29, 0.717) is 5.56 Å². The lowest BCUT2D eigenvalue weighted by Gasteiger charge is -2.29. The molecule has 0 saturated heterocycles. The summed E-state index contributed by atoms with van der Waals surface area (Å²) >= 11 is 0. The fourth-order valence-corrected chi connectivity index (χ4v) is 6.47. The third-order valence-corrected chi connectivity index (χ3v) is 10.6. The fourth-order valence-electron chi connectivity index (χ4n) is 6.47. The molecule has 330 valence electrons. The second-order valence-corrected chi connectivity index (χ2v) is 15.9. The van der Waals surface area contributed by atoms with E-state index in [4.69, 9.17) is 11.5 Å². The van der Waals surface area contributed by atoms with Gasteiger partial charge in [-0.25, -0.2) is 0 Å². The number of phenols is 1. The van der Waals surface area contributed by atoms with Crippen molar-refractivity contribution in [3.8, 4) is 5.75 Å². The number of carbonyl (C=O) groups is 8. The molecule has 18 nitrogen and oxygen atoms in total. The first kappa shape index (κ1) is 50.1. The monoisotopic (exact) mass is 838 g/mol. The van der Waals surface area contributed by atoms with Crippen LogP contribution < -0.4 is 43.4 Å². The molecule has 2 aromatic carbocycles. The number of nitrogens with two attached hydrogens (primary N) is 2. The summed E-state index contributed by atoms with van der Waals surface area (Å²) in [6.07, 6.45) is -0.876. The highest BCUT2D eigenvalue weighted by Crippen LogP contribution is 2.27. The molecule has 18 heteroatoms. The Morgan fingerprint density at radius 2 is 1.05 bits per heavy atom. The smallest absolute Gasteiger partial charge is 0.305 e. The molecule has 0 fully saturated rings. The maximum Gasteiger partial charge on any atom is 0.305 e. The number of phenolic OH excluding ortho intramolecular Hbond substituents is 1. The van der Waals surface area contributed by atoms with Gasteiger partial charge in [0, 0.05) is 6.42 Å². The average Bonchev–Trinajstić information content (AvgIpc) is 3.17. The summed E-state index contributed by atoms with van der Waals surface area (Å²) in [4.78, 5) is 104. The molecule has 0 aliphatic carbocycles. The van der Waals surface area contributed by atoms with Gasteiger partial charge in [0.2, 0.25) is 41.4 Å². The van der Waals surface area contributed by atoms with Gasteiger partial charge in [0.05, 0.1) is 19.0 Å². The Hall–Kier alpha value is -6.04. The first-order valence-electron chi connectivity index (χ1n) is 19.7. The van der Waals surface area contributed by atoms with Crippen LogP contribution in [0.4, 0.5) is 0 Å². The van der Waals surface area contributed by atoms with Crippen molar-refractivity contribution < 1.29 is 48.6 Å². The van der Waals surface area contributed by atoms with Crippen LogP contribution in [0.25, 0.3) is 0 Å². The van der Waals surface area contributed by atoms with Gasteiger partial charge in [-0.1, -0.05) is 39.8 Å². The molecule has 0 spiro atoms. The van der Waals surface area contributed by atoms with E-state index in [1.54, 1.807) is 39.8 Å². The van der Waals surface area contributed by atoms with Gasteiger partial charge >= 0.3 is 5.97 Å². The number of aliphatic carboxylic acids is 1. The largest absolute Gasteiger partial charge is 0.508 e. The van der Waals surface area contributed by atoms with Gasteiger partial charge in [-0.05, 0) is 111 Å². The Morgan fingerprint density at radius 3 is 1.55 bits per heavy atom. The van der Waals surface area contributed by atoms with Crippen LogP contribution in [0, 0.1) is 46.5 Å². The molecule has 0 aromatic heterocycles. The van der Waals surface area contributed by atoms with Gasteiger partial charge in [-0.3, -0.25) is 38.4 Å².